The number of rotatable bonds is 2. The molecule has 1 aliphatic rings. The van der Waals surface area contributed by atoms with Crippen LogP contribution in [0, 0.1) is 0 Å². The second kappa shape index (κ2) is 5.21. The molecule has 0 fully saturated rings. The highest BCUT2D eigenvalue weighted by atomic mass is 32.2. The lowest BCUT2D eigenvalue weighted by Gasteiger charge is -2.10. The highest BCUT2D eigenvalue weighted by molar-refractivity contribution is 7.99. The quantitative estimate of drug-likeness (QED) is 0.665. The Kier molecular flexibility index (Phi) is 3.19. The first kappa shape index (κ1) is 13.5. The second-order valence-corrected chi connectivity index (χ2v) is 6.49. The Morgan fingerprint density at radius 3 is 2.91 bits per heavy atom. The zero-order valence-corrected chi connectivity index (χ0v) is 12.9. The standard InChI is InChI=1S/C18H14O3S/c1-20-12-6-4-5-11(9-12)16-10-14-13-7-2-3-8-15(13)21-18(19)17(14)22-16/h2-9,16H,10H2,1H3. The van der Waals surface area contributed by atoms with Crippen LogP contribution in [0.5, 0.6) is 5.75 Å². The van der Waals surface area contributed by atoms with Crippen molar-refractivity contribution in [2.45, 2.75) is 16.6 Å². The predicted molar refractivity (Wildman–Crippen MR) is 87.8 cm³/mol. The van der Waals surface area contributed by atoms with Gasteiger partial charge < -0.3 is 9.15 Å². The van der Waals surface area contributed by atoms with Crippen molar-refractivity contribution in [3.63, 3.8) is 0 Å². The molecule has 1 atom stereocenters. The molecule has 0 aliphatic carbocycles. The summed E-state index contributed by atoms with van der Waals surface area (Å²) in [5, 5.41) is 1.26. The fourth-order valence-electron chi connectivity index (χ4n) is 2.92. The van der Waals surface area contributed by atoms with E-state index in [0.29, 0.717) is 5.58 Å². The fourth-order valence-corrected chi connectivity index (χ4v) is 4.21. The molecule has 22 heavy (non-hydrogen) atoms. The van der Waals surface area contributed by atoms with E-state index in [1.807, 2.05) is 42.5 Å². The molecule has 0 saturated heterocycles. The predicted octanol–water partition coefficient (Wildman–Crippen LogP) is 4.19. The molecule has 0 saturated carbocycles. The Morgan fingerprint density at radius 1 is 1.18 bits per heavy atom. The third kappa shape index (κ3) is 2.11. The maximum atomic E-state index is 12.2. The number of hydrogen-bond donors (Lipinski definition) is 0. The fraction of sp³-hybridized carbons (Fsp3) is 0.167. The summed E-state index contributed by atoms with van der Waals surface area (Å²) in [6.45, 7) is 0. The molecule has 0 radical (unpaired) electrons. The van der Waals surface area contributed by atoms with Gasteiger partial charge in [-0.2, -0.15) is 0 Å². The van der Waals surface area contributed by atoms with Crippen LogP contribution in [-0.4, -0.2) is 7.11 Å². The summed E-state index contributed by atoms with van der Waals surface area (Å²) in [5.41, 5.74) is 2.70. The first-order valence-electron chi connectivity index (χ1n) is 7.11. The van der Waals surface area contributed by atoms with Gasteiger partial charge in [0.05, 0.1) is 12.0 Å². The summed E-state index contributed by atoms with van der Waals surface area (Å²) >= 11 is 1.59. The molecule has 110 valence electrons. The summed E-state index contributed by atoms with van der Waals surface area (Å²) < 4.78 is 10.7. The lowest BCUT2D eigenvalue weighted by molar-refractivity contribution is 0.414. The van der Waals surface area contributed by atoms with Crippen LogP contribution in [0.4, 0.5) is 0 Å². The molecule has 0 amide bonds. The number of para-hydroxylation sites is 1. The Morgan fingerprint density at radius 2 is 2.05 bits per heavy atom. The highest BCUT2D eigenvalue weighted by Crippen LogP contribution is 2.47. The molecule has 0 bridgehead atoms. The smallest absolute Gasteiger partial charge is 0.350 e. The van der Waals surface area contributed by atoms with Crippen molar-refractivity contribution in [1.82, 2.24) is 0 Å². The number of methoxy groups -OCH3 is 1. The average molecular weight is 310 g/mol. The average Bonchev–Trinajstić information content (AvgIpc) is 3.01. The van der Waals surface area contributed by atoms with Crippen LogP contribution in [0.1, 0.15) is 16.4 Å². The number of fused-ring (bicyclic) bond motifs is 3. The van der Waals surface area contributed by atoms with Gasteiger partial charge in [0.1, 0.15) is 11.3 Å². The van der Waals surface area contributed by atoms with Gasteiger partial charge in [-0.3, -0.25) is 0 Å². The van der Waals surface area contributed by atoms with Crippen molar-refractivity contribution in [1.29, 1.82) is 0 Å². The Balaban J connectivity index is 1.81. The summed E-state index contributed by atoms with van der Waals surface area (Å²) in [7, 11) is 1.66. The molecule has 4 rings (SSSR count). The van der Waals surface area contributed by atoms with Gasteiger partial charge in [0.25, 0.3) is 0 Å². The Hall–Kier alpha value is -2.20. The van der Waals surface area contributed by atoms with E-state index < -0.39 is 0 Å². The largest absolute Gasteiger partial charge is 0.497 e. The van der Waals surface area contributed by atoms with Gasteiger partial charge in [-0.1, -0.05) is 30.3 Å². The minimum atomic E-state index is -0.232. The van der Waals surface area contributed by atoms with Crippen molar-refractivity contribution >= 4 is 22.7 Å². The summed E-state index contributed by atoms with van der Waals surface area (Å²) in [5.74, 6) is 0.839. The monoisotopic (exact) mass is 310 g/mol. The van der Waals surface area contributed by atoms with Gasteiger partial charge in [-0.25, -0.2) is 4.79 Å². The second-order valence-electron chi connectivity index (χ2n) is 5.28. The van der Waals surface area contributed by atoms with E-state index in [-0.39, 0.29) is 10.9 Å². The van der Waals surface area contributed by atoms with Gasteiger partial charge >= 0.3 is 5.63 Å². The zero-order chi connectivity index (χ0) is 15.1. The first-order valence-corrected chi connectivity index (χ1v) is 7.99. The lowest BCUT2D eigenvalue weighted by atomic mass is 10.0. The van der Waals surface area contributed by atoms with Gasteiger partial charge in [0.2, 0.25) is 0 Å². The molecule has 1 unspecified atom stereocenters. The topological polar surface area (TPSA) is 39.4 Å². The highest BCUT2D eigenvalue weighted by Gasteiger charge is 2.29. The van der Waals surface area contributed by atoms with Crippen LogP contribution >= 0.6 is 11.8 Å². The molecule has 1 aromatic heterocycles. The van der Waals surface area contributed by atoms with Crippen molar-refractivity contribution in [3.8, 4) is 5.75 Å². The summed E-state index contributed by atoms with van der Waals surface area (Å²) in [6, 6.07) is 15.8. The van der Waals surface area contributed by atoms with E-state index in [2.05, 4.69) is 6.07 Å². The molecular weight excluding hydrogens is 296 g/mol. The third-order valence-corrected chi connectivity index (χ3v) is 5.36. The molecule has 1 aliphatic heterocycles. The van der Waals surface area contributed by atoms with Gasteiger partial charge in [-0.05, 0) is 35.7 Å². The van der Waals surface area contributed by atoms with E-state index in [1.54, 1.807) is 18.9 Å². The molecular formula is C18H14O3S. The molecule has 2 heterocycles. The number of ether oxygens (including phenoxy) is 1. The van der Waals surface area contributed by atoms with E-state index in [9.17, 15) is 4.79 Å². The van der Waals surface area contributed by atoms with Gasteiger partial charge in [-0.15, -0.1) is 11.8 Å². The number of hydrogen-bond acceptors (Lipinski definition) is 4. The van der Waals surface area contributed by atoms with E-state index in [0.717, 1.165) is 28.0 Å². The number of benzene rings is 2. The van der Waals surface area contributed by atoms with Crippen LogP contribution < -0.4 is 10.4 Å². The first-order chi connectivity index (χ1) is 10.8. The molecule has 0 N–H and O–H groups in total. The van der Waals surface area contributed by atoms with Crippen LogP contribution in [0.25, 0.3) is 11.0 Å². The third-order valence-electron chi connectivity index (χ3n) is 3.99. The zero-order valence-electron chi connectivity index (χ0n) is 12.0. The van der Waals surface area contributed by atoms with Crippen molar-refractivity contribution in [2.75, 3.05) is 7.11 Å². The molecule has 2 aromatic carbocycles. The van der Waals surface area contributed by atoms with E-state index >= 15 is 0 Å². The Bertz CT molecular complexity index is 914. The minimum absolute atomic E-state index is 0.221. The van der Waals surface area contributed by atoms with Crippen LogP contribution in [0.3, 0.4) is 0 Å². The molecule has 3 nitrogen and oxygen atoms in total. The van der Waals surface area contributed by atoms with Crippen molar-refractivity contribution < 1.29 is 9.15 Å². The summed E-state index contributed by atoms with van der Waals surface area (Å²) in [4.78, 5) is 13.0. The maximum absolute atomic E-state index is 12.2. The minimum Gasteiger partial charge on any atom is -0.497 e. The number of thioether (sulfide) groups is 1. The lowest BCUT2D eigenvalue weighted by Crippen LogP contribution is -2.02. The van der Waals surface area contributed by atoms with Crippen molar-refractivity contribution in [3.05, 3.63) is 70.1 Å². The van der Waals surface area contributed by atoms with Gasteiger partial charge in [0.15, 0.2) is 0 Å². The van der Waals surface area contributed by atoms with E-state index in [1.165, 1.54) is 5.56 Å². The summed E-state index contributed by atoms with van der Waals surface area (Å²) in [6.07, 6.45) is 0.833. The Labute approximate surface area is 131 Å². The van der Waals surface area contributed by atoms with Crippen LogP contribution in [0.15, 0.2) is 62.6 Å². The van der Waals surface area contributed by atoms with Gasteiger partial charge in [0, 0.05) is 10.6 Å². The molecule has 4 heteroatoms. The normalized spacial score (nSPS) is 16.7. The van der Waals surface area contributed by atoms with Crippen LogP contribution in [-0.2, 0) is 6.42 Å². The maximum Gasteiger partial charge on any atom is 0.350 e. The van der Waals surface area contributed by atoms with Crippen LogP contribution in [0.2, 0.25) is 0 Å². The van der Waals surface area contributed by atoms with Crippen molar-refractivity contribution in [2.24, 2.45) is 0 Å². The van der Waals surface area contributed by atoms with E-state index in [4.69, 9.17) is 9.15 Å². The molecule has 0 spiro atoms. The molecule has 3 aromatic rings. The SMILES string of the molecule is COc1cccc(C2Cc3c(c(=O)oc4ccccc34)S2)c1.